The third-order valence-corrected chi connectivity index (χ3v) is 5.49. The largest absolute Gasteiger partial charge is 0.0856 e. The second-order valence-corrected chi connectivity index (χ2v) is 7.58. The third kappa shape index (κ3) is 3.45. The van der Waals surface area contributed by atoms with Crippen LogP contribution in [-0.4, -0.2) is 0 Å². The Hall–Kier alpha value is -0.780. The van der Waals surface area contributed by atoms with Crippen LogP contribution in [0.15, 0.2) is 34.4 Å². The molecule has 0 aromatic heterocycles. The Kier molecular flexibility index (Phi) is 4.94. The quantitative estimate of drug-likeness (QED) is 0.508. The van der Waals surface area contributed by atoms with Crippen LogP contribution in [0.4, 0.5) is 0 Å². The lowest BCUT2D eigenvalue weighted by molar-refractivity contribution is 0.238. The molecule has 2 rings (SSSR count). The van der Waals surface area contributed by atoms with Crippen LogP contribution in [0.5, 0.6) is 0 Å². The van der Waals surface area contributed by atoms with Gasteiger partial charge in [-0.2, -0.15) is 0 Å². The highest BCUT2D eigenvalue weighted by atomic mass is 14.4. The first-order valence-electron chi connectivity index (χ1n) is 8.46. The summed E-state index contributed by atoms with van der Waals surface area (Å²) in [6.45, 7) is 11.7. The number of fused-ring (bicyclic) bond motifs is 1. The zero-order valence-electron chi connectivity index (χ0n) is 14.2. The van der Waals surface area contributed by atoms with Crippen LogP contribution in [0.25, 0.3) is 0 Å². The van der Waals surface area contributed by atoms with Gasteiger partial charge in [0.2, 0.25) is 0 Å². The van der Waals surface area contributed by atoms with Crippen LogP contribution in [0.2, 0.25) is 0 Å². The molecule has 2 atom stereocenters. The number of rotatable bonds is 3. The average molecular weight is 272 g/mol. The lowest BCUT2D eigenvalue weighted by atomic mass is 9.61. The van der Waals surface area contributed by atoms with E-state index in [9.17, 15) is 0 Å². The van der Waals surface area contributed by atoms with Gasteiger partial charge in [-0.3, -0.25) is 0 Å². The van der Waals surface area contributed by atoms with E-state index in [2.05, 4.69) is 46.8 Å². The van der Waals surface area contributed by atoms with Crippen molar-refractivity contribution in [1.29, 1.82) is 0 Å². The Bertz CT molecular complexity index is 443. The molecule has 0 aromatic carbocycles. The minimum absolute atomic E-state index is 0.515. The second kappa shape index (κ2) is 6.33. The van der Waals surface area contributed by atoms with Crippen LogP contribution in [0, 0.1) is 11.3 Å². The van der Waals surface area contributed by atoms with Gasteiger partial charge in [-0.1, -0.05) is 49.1 Å². The predicted molar refractivity (Wildman–Crippen MR) is 89.8 cm³/mol. The summed E-state index contributed by atoms with van der Waals surface area (Å²) >= 11 is 0. The molecule has 0 aliphatic heterocycles. The SMILES string of the molecule is CC(C)=CCCC(C)=C1C=C2C(C)CCCC2(C)CC1. The van der Waals surface area contributed by atoms with Gasteiger partial charge in [-0.15, -0.1) is 0 Å². The summed E-state index contributed by atoms with van der Waals surface area (Å²) in [4.78, 5) is 0. The van der Waals surface area contributed by atoms with Gasteiger partial charge in [-0.05, 0) is 76.2 Å². The molecule has 2 aliphatic carbocycles. The highest BCUT2D eigenvalue weighted by molar-refractivity contribution is 5.36. The molecular weight excluding hydrogens is 240 g/mol. The Morgan fingerprint density at radius 1 is 1.30 bits per heavy atom. The minimum Gasteiger partial charge on any atom is -0.0856 e. The number of allylic oxidation sites excluding steroid dienone is 6. The van der Waals surface area contributed by atoms with Gasteiger partial charge < -0.3 is 0 Å². The highest BCUT2D eigenvalue weighted by Gasteiger charge is 2.37. The summed E-state index contributed by atoms with van der Waals surface area (Å²) in [5.41, 5.74) is 6.98. The molecule has 0 nitrogen and oxygen atoms in total. The fourth-order valence-corrected chi connectivity index (χ4v) is 4.02. The number of hydrogen-bond acceptors (Lipinski definition) is 0. The summed E-state index contributed by atoms with van der Waals surface area (Å²) in [5.74, 6) is 0.801. The van der Waals surface area contributed by atoms with Gasteiger partial charge >= 0.3 is 0 Å². The summed E-state index contributed by atoms with van der Waals surface area (Å²) in [7, 11) is 0. The summed E-state index contributed by atoms with van der Waals surface area (Å²) in [6, 6.07) is 0. The molecular formula is C20H32. The van der Waals surface area contributed by atoms with Gasteiger partial charge in [0, 0.05) is 0 Å². The monoisotopic (exact) mass is 272 g/mol. The highest BCUT2D eigenvalue weighted by Crippen LogP contribution is 2.50. The summed E-state index contributed by atoms with van der Waals surface area (Å²) in [6.07, 6.45) is 14.3. The zero-order chi connectivity index (χ0) is 14.8. The summed E-state index contributed by atoms with van der Waals surface area (Å²) in [5, 5.41) is 0. The Morgan fingerprint density at radius 3 is 2.75 bits per heavy atom. The van der Waals surface area contributed by atoms with Crippen molar-refractivity contribution in [3.05, 3.63) is 34.4 Å². The maximum Gasteiger partial charge on any atom is -0.0107 e. The third-order valence-electron chi connectivity index (χ3n) is 5.49. The van der Waals surface area contributed by atoms with E-state index in [4.69, 9.17) is 0 Å². The molecule has 0 spiro atoms. The van der Waals surface area contributed by atoms with Crippen molar-refractivity contribution in [3.63, 3.8) is 0 Å². The van der Waals surface area contributed by atoms with Crippen LogP contribution in [0.1, 0.15) is 79.6 Å². The fourth-order valence-electron chi connectivity index (χ4n) is 4.02. The van der Waals surface area contributed by atoms with Crippen molar-refractivity contribution in [3.8, 4) is 0 Å². The Labute approximate surface area is 126 Å². The maximum absolute atomic E-state index is 2.59. The van der Waals surface area contributed by atoms with E-state index < -0.39 is 0 Å². The molecule has 1 saturated carbocycles. The Balaban J connectivity index is 2.16. The first kappa shape index (κ1) is 15.6. The van der Waals surface area contributed by atoms with Gasteiger partial charge in [0.25, 0.3) is 0 Å². The summed E-state index contributed by atoms with van der Waals surface area (Å²) < 4.78 is 0. The van der Waals surface area contributed by atoms with Crippen LogP contribution in [-0.2, 0) is 0 Å². The maximum atomic E-state index is 2.59. The van der Waals surface area contributed by atoms with E-state index in [1.807, 2.05) is 0 Å². The average Bonchev–Trinajstić information content (AvgIpc) is 2.37. The molecule has 0 N–H and O–H groups in total. The molecule has 0 bridgehead atoms. The molecule has 0 heteroatoms. The van der Waals surface area contributed by atoms with Gasteiger partial charge in [-0.25, -0.2) is 0 Å². The van der Waals surface area contributed by atoms with Crippen LogP contribution < -0.4 is 0 Å². The second-order valence-electron chi connectivity index (χ2n) is 7.58. The molecule has 0 heterocycles. The van der Waals surface area contributed by atoms with Gasteiger partial charge in [0.1, 0.15) is 0 Å². The molecule has 1 fully saturated rings. The first-order valence-corrected chi connectivity index (χ1v) is 8.46. The van der Waals surface area contributed by atoms with E-state index >= 15 is 0 Å². The predicted octanol–water partition coefficient (Wildman–Crippen LogP) is 6.60. The molecule has 0 amide bonds. The molecule has 0 saturated heterocycles. The van der Waals surface area contributed by atoms with E-state index in [1.165, 1.54) is 50.5 Å². The number of hydrogen-bond donors (Lipinski definition) is 0. The molecule has 2 unspecified atom stereocenters. The standard InChI is InChI=1S/C20H32/c1-15(2)8-6-9-16(3)18-11-13-20(5)12-7-10-17(4)19(20)14-18/h8,14,17H,6-7,9-13H2,1-5H3. The van der Waals surface area contributed by atoms with E-state index in [-0.39, 0.29) is 0 Å². The van der Waals surface area contributed by atoms with Crippen molar-refractivity contribution in [1.82, 2.24) is 0 Å². The topological polar surface area (TPSA) is 0 Å². The molecule has 112 valence electrons. The normalized spacial score (nSPS) is 32.2. The van der Waals surface area contributed by atoms with Crippen molar-refractivity contribution in [2.24, 2.45) is 11.3 Å². The molecule has 0 radical (unpaired) electrons. The van der Waals surface area contributed by atoms with Crippen molar-refractivity contribution < 1.29 is 0 Å². The van der Waals surface area contributed by atoms with E-state index in [1.54, 1.807) is 16.7 Å². The smallest absolute Gasteiger partial charge is 0.0107 e. The van der Waals surface area contributed by atoms with Crippen LogP contribution in [0.3, 0.4) is 0 Å². The lowest BCUT2D eigenvalue weighted by Gasteiger charge is -2.43. The van der Waals surface area contributed by atoms with Crippen molar-refractivity contribution in [2.75, 3.05) is 0 Å². The van der Waals surface area contributed by atoms with Crippen LogP contribution >= 0.6 is 0 Å². The van der Waals surface area contributed by atoms with E-state index in [0.29, 0.717) is 5.41 Å². The fraction of sp³-hybridized carbons (Fsp3) is 0.700. The molecule has 20 heavy (non-hydrogen) atoms. The Morgan fingerprint density at radius 2 is 2.05 bits per heavy atom. The van der Waals surface area contributed by atoms with E-state index in [0.717, 1.165) is 5.92 Å². The zero-order valence-corrected chi connectivity index (χ0v) is 14.2. The minimum atomic E-state index is 0.515. The molecule has 0 aromatic rings. The lowest BCUT2D eigenvalue weighted by Crippen LogP contribution is -2.30. The van der Waals surface area contributed by atoms with Crippen molar-refractivity contribution >= 4 is 0 Å². The first-order chi connectivity index (χ1) is 9.42. The van der Waals surface area contributed by atoms with Crippen molar-refractivity contribution in [2.45, 2.75) is 79.6 Å². The van der Waals surface area contributed by atoms with Gasteiger partial charge in [0.05, 0.1) is 0 Å². The van der Waals surface area contributed by atoms with Gasteiger partial charge in [0.15, 0.2) is 0 Å². The molecule has 2 aliphatic rings.